The summed E-state index contributed by atoms with van der Waals surface area (Å²) < 4.78 is 11.3. The van der Waals surface area contributed by atoms with E-state index >= 15 is 0 Å². The summed E-state index contributed by atoms with van der Waals surface area (Å²) in [5, 5.41) is 3.05. The van der Waals surface area contributed by atoms with Gasteiger partial charge >= 0.3 is 0 Å². The van der Waals surface area contributed by atoms with Crippen LogP contribution in [-0.2, 0) is 17.9 Å². The normalized spacial score (nSPS) is 13.3. The van der Waals surface area contributed by atoms with Crippen molar-refractivity contribution >= 4 is 0 Å². The summed E-state index contributed by atoms with van der Waals surface area (Å²) >= 11 is 0. The molecule has 1 aromatic rings. The van der Waals surface area contributed by atoms with Gasteiger partial charge in [-0.15, -0.1) is 0 Å². The van der Waals surface area contributed by atoms with Gasteiger partial charge in [-0.2, -0.15) is 0 Å². The largest absolute Gasteiger partial charge is 0.462 e. The van der Waals surface area contributed by atoms with Gasteiger partial charge in [0.2, 0.25) is 0 Å². The average Bonchev–Trinajstić information content (AvgIpc) is 2.62. The van der Waals surface area contributed by atoms with Crippen LogP contribution >= 0.6 is 0 Å². The van der Waals surface area contributed by atoms with Crippen LogP contribution in [0.1, 0.15) is 38.7 Å². The maximum Gasteiger partial charge on any atom is 0.129 e. The Morgan fingerprint density at radius 2 is 1.94 bits per heavy atom. The van der Waals surface area contributed by atoms with Crippen LogP contribution < -0.4 is 5.32 Å². The molecular formula is C13H23NO2. The number of rotatable bonds is 7. The minimum atomic E-state index is 0.290. The third kappa shape index (κ3) is 4.81. The summed E-state index contributed by atoms with van der Waals surface area (Å²) in [5.74, 6) is 2.53. The summed E-state index contributed by atoms with van der Waals surface area (Å²) in [6.07, 6.45) is 1.38. The van der Waals surface area contributed by atoms with Crippen LogP contribution in [0, 0.1) is 5.92 Å². The summed E-state index contributed by atoms with van der Waals surface area (Å²) in [5.41, 5.74) is 0. The van der Waals surface area contributed by atoms with Crippen molar-refractivity contribution in [3.63, 3.8) is 0 Å². The molecule has 92 valence electrons. The van der Waals surface area contributed by atoms with E-state index in [2.05, 4.69) is 26.1 Å². The van der Waals surface area contributed by atoms with E-state index in [-0.39, 0.29) is 6.10 Å². The third-order valence-electron chi connectivity index (χ3n) is 2.38. The van der Waals surface area contributed by atoms with Gasteiger partial charge in [0, 0.05) is 0 Å². The van der Waals surface area contributed by atoms with Crippen LogP contribution in [0.3, 0.4) is 0 Å². The maximum absolute atomic E-state index is 5.72. The minimum absolute atomic E-state index is 0.290. The molecule has 1 atom stereocenters. The van der Waals surface area contributed by atoms with Gasteiger partial charge in [0.25, 0.3) is 0 Å². The molecule has 0 fully saturated rings. The Kier molecular flexibility index (Phi) is 5.56. The average molecular weight is 225 g/mol. The van der Waals surface area contributed by atoms with Gasteiger partial charge in [0.05, 0.1) is 12.6 Å². The van der Waals surface area contributed by atoms with Crippen LogP contribution in [0.4, 0.5) is 0 Å². The molecule has 0 aromatic carbocycles. The van der Waals surface area contributed by atoms with Crippen LogP contribution in [0.2, 0.25) is 0 Å². The Morgan fingerprint density at radius 1 is 1.25 bits per heavy atom. The maximum atomic E-state index is 5.72. The number of nitrogens with one attached hydrogen (secondary N) is 1. The smallest absolute Gasteiger partial charge is 0.129 e. The van der Waals surface area contributed by atoms with Crippen LogP contribution in [0.5, 0.6) is 0 Å². The van der Waals surface area contributed by atoms with E-state index in [0.29, 0.717) is 12.5 Å². The standard InChI is InChI=1S/C13H23NO2/c1-10(2)7-11(3)15-9-13-6-5-12(16-13)8-14-4/h5-6,10-11,14H,7-9H2,1-4H3. The van der Waals surface area contributed by atoms with Gasteiger partial charge in [-0.3, -0.25) is 0 Å². The van der Waals surface area contributed by atoms with E-state index in [1.54, 1.807) is 0 Å². The fraction of sp³-hybridized carbons (Fsp3) is 0.692. The van der Waals surface area contributed by atoms with E-state index in [1.807, 2.05) is 19.2 Å². The van der Waals surface area contributed by atoms with E-state index in [9.17, 15) is 0 Å². The van der Waals surface area contributed by atoms with Crippen LogP contribution in [-0.4, -0.2) is 13.2 Å². The van der Waals surface area contributed by atoms with Gasteiger partial charge in [-0.05, 0) is 38.4 Å². The number of hydrogen-bond acceptors (Lipinski definition) is 3. The molecule has 0 aliphatic rings. The molecule has 1 N–H and O–H groups in total. The third-order valence-corrected chi connectivity index (χ3v) is 2.38. The highest BCUT2D eigenvalue weighted by Crippen LogP contribution is 2.13. The van der Waals surface area contributed by atoms with E-state index in [0.717, 1.165) is 24.5 Å². The second kappa shape index (κ2) is 6.71. The predicted octanol–water partition coefficient (Wildman–Crippen LogP) is 2.95. The molecule has 0 bridgehead atoms. The molecule has 1 heterocycles. The summed E-state index contributed by atoms with van der Waals surface area (Å²) in [4.78, 5) is 0. The Bertz CT molecular complexity index is 294. The molecule has 0 radical (unpaired) electrons. The van der Waals surface area contributed by atoms with Crippen molar-refractivity contribution in [2.24, 2.45) is 5.92 Å². The van der Waals surface area contributed by atoms with Crippen molar-refractivity contribution in [1.82, 2.24) is 5.32 Å². The van der Waals surface area contributed by atoms with E-state index in [1.165, 1.54) is 0 Å². The summed E-state index contributed by atoms with van der Waals surface area (Å²) in [6, 6.07) is 3.97. The Balaban J connectivity index is 2.30. The van der Waals surface area contributed by atoms with Crippen molar-refractivity contribution < 1.29 is 9.15 Å². The Morgan fingerprint density at radius 3 is 2.56 bits per heavy atom. The van der Waals surface area contributed by atoms with E-state index in [4.69, 9.17) is 9.15 Å². The first-order valence-corrected chi connectivity index (χ1v) is 5.95. The molecule has 3 heteroatoms. The molecule has 3 nitrogen and oxygen atoms in total. The Labute approximate surface area is 98.2 Å². The monoisotopic (exact) mass is 225 g/mol. The van der Waals surface area contributed by atoms with E-state index < -0.39 is 0 Å². The van der Waals surface area contributed by atoms with Crippen molar-refractivity contribution in [3.8, 4) is 0 Å². The lowest BCUT2D eigenvalue weighted by Crippen LogP contribution is -2.10. The highest BCUT2D eigenvalue weighted by Gasteiger charge is 2.07. The van der Waals surface area contributed by atoms with Gasteiger partial charge in [0.15, 0.2) is 0 Å². The molecule has 0 aliphatic carbocycles. The SMILES string of the molecule is CNCc1ccc(COC(C)CC(C)C)o1. The van der Waals surface area contributed by atoms with Crippen molar-refractivity contribution in [3.05, 3.63) is 23.7 Å². The molecule has 1 rings (SSSR count). The molecular weight excluding hydrogens is 202 g/mol. The van der Waals surface area contributed by atoms with Crippen molar-refractivity contribution in [1.29, 1.82) is 0 Å². The zero-order valence-corrected chi connectivity index (χ0v) is 10.7. The second-order valence-electron chi connectivity index (χ2n) is 4.65. The molecule has 0 aliphatic heterocycles. The first-order valence-electron chi connectivity index (χ1n) is 5.95. The molecule has 0 spiro atoms. The molecule has 0 saturated carbocycles. The van der Waals surface area contributed by atoms with Gasteiger partial charge < -0.3 is 14.5 Å². The zero-order valence-electron chi connectivity index (χ0n) is 10.7. The Hall–Kier alpha value is -0.800. The highest BCUT2D eigenvalue weighted by atomic mass is 16.5. The molecule has 0 saturated heterocycles. The first-order chi connectivity index (χ1) is 7.61. The highest BCUT2D eigenvalue weighted by molar-refractivity contribution is 5.06. The van der Waals surface area contributed by atoms with Crippen molar-refractivity contribution in [2.75, 3.05) is 7.05 Å². The number of furan rings is 1. The van der Waals surface area contributed by atoms with Gasteiger partial charge in [-0.25, -0.2) is 0 Å². The first kappa shape index (κ1) is 13.3. The van der Waals surface area contributed by atoms with Gasteiger partial charge in [0.1, 0.15) is 18.1 Å². The fourth-order valence-electron chi connectivity index (χ4n) is 1.73. The van der Waals surface area contributed by atoms with Gasteiger partial charge in [-0.1, -0.05) is 13.8 Å². The number of ether oxygens (including phenoxy) is 1. The van der Waals surface area contributed by atoms with Crippen LogP contribution in [0.15, 0.2) is 16.5 Å². The molecule has 16 heavy (non-hydrogen) atoms. The minimum Gasteiger partial charge on any atom is -0.462 e. The topological polar surface area (TPSA) is 34.4 Å². The lowest BCUT2D eigenvalue weighted by atomic mass is 10.1. The quantitative estimate of drug-likeness (QED) is 0.774. The second-order valence-corrected chi connectivity index (χ2v) is 4.65. The summed E-state index contributed by atoms with van der Waals surface area (Å²) in [6.45, 7) is 7.85. The van der Waals surface area contributed by atoms with Crippen molar-refractivity contribution in [2.45, 2.75) is 46.4 Å². The zero-order chi connectivity index (χ0) is 12.0. The molecule has 1 unspecified atom stereocenters. The molecule has 1 aromatic heterocycles. The lowest BCUT2D eigenvalue weighted by Gasteiger charge is -2.13. The molecule has 0 amide bonds. The summed E-state index contributed by atoms with van der Waals surface area (Å²) in [7, 11) is 1.91. The number of hydrogen-bond donors (Lipinski definition) is 1. The fourth-order valence-corrected chi connectivity index (χ4v) is 1.73. The van der Waals surface area contributed by atoms with Crippen LogP contribution in [0.25, 0.3) is 0 Å². The predicted molar refractivity (Wildman–Crippen MR) is 65.2 cm³/mol. The lowest BCUT2D eigenvalue weighted by molar-refractivity contribution is 0.0298.